The molecule has 1 aliphatic rings. The maximum atomic E-state index is 12.5. The third-order valence-electron chi connectivity index (χ3n) is 2.72. The first kappa shape index (κ1) is 18.5. The molecule has 0 saturated heterocycles. The van der Waals surface area contributed by atoms with Crippen LogP contribution in [0, 0.1) is 0 Å². The third kappa shape index (κ3) is 6.83. The summed E-state index contributed by atoms with van der Waals surface area (Å²) in [5.74, 6) is 0.417. The first-order chi connectivity index (χ1) is 10.0. The third-order valence-corrected chi connectivity index (χ3v) is 4.96. The van der Waals surface area contributed by atoms with Gasteiger partial charge in [-0.15, -0.1) is 0 Å². The lowest BCUT2D eigenvalue weighted by Gasteiger charge is -2.22. The summed E-state index contributed by atoms with van der Waals surface area (Å²) in [5, 5.41) is 1.53. The van der Waals surface area contributed by atoms with Crippen molar-refractivity contribution in [3.63, 3.8) is 0 Å². The number of phosphoric acid groups is 1. The van der Waals surface area contributed by atoms with E-state index in [4.69, 9.17) is 13.6 Å². The van der Waals surface area contributed by atoms with Crippen LogP contribution in [-0.2, 0) is 22.9 Å². The summed E-state index contributed by atoms with van der Waals surface area (Å²) in [6.07, 6.45) is 6.02. The van der Waals surface area contributed by atoms with Crippen LogP contribution in [0.25, 0.3) is 0 Å². The highest BCUT2D eigenvalue weighted by molar-refractivity contribution is 8.16. The molecule has 0 aliphatic heterocycles. The van der Waals surface area contributed by atoms with E-state index < -0.39 is 7.82 Å². The van der Waals surface area contributed by atoms with Gasteiger partial charge in [-0.1, -0.05) is 17.8 Å². The standard InChI is InChI=1S/C14H23O5PS/c1-4-17-20(16,18-5-2)19-14(11-21-12(3)15)13-9-7-6-8-10-13/h9,11H,4-8,10H2,1-3H3/b14-11-. The zero-order chi connectivity index (χ0) is 15.7. The topological polar surface area (TPSA) is 61.8 Å². The zero-order valence-electron chi connectivity index (χ0n) is 12.8. The molecule has 0 heterocycles. The number of hydrogen-bond donors (Lipinski definition) is 0. The van der Waals surface area contributed by atoms with Crippen molar-refractivity contribution in [1.29, 1.82) is 0 Å². The minimum Gasteiger partial charge on any atom is -0.403 e. The quantitative estimate of drug-likeness (QED) is 0.469. The second-order valence-corrected chi connectivity index (χ2v) is 7.08. The molecule has 0 N–H and O–H groups in total. The van der Waals surface area contributed by atoms with Crippen LogP contribution in [0.15, 0.2) is 22.8 Å². The summed E-state index contributed by atoms with van der Waals surface area (Å²) in [6, 6.07) is 0. The largest absolute Gasteiger partial charge is 0.530 e. The fraction of sp³-hybridized carbons (Fsp3) is 0.643. The minimum absolute atomic E-state index is 0.0600. The van der Waals surface area contributed by atoms with Gasteiger partial charge in [0.25, 0.3) is 0 Å². The average molecular weight is 334 g/mol. The van der Waals surface area contributed by atoms with Gasteiger partial charge in [0.1, 0.15) is 5.76 Å². The Kier molecular flexibility index (Phi) is 8.34. The van der Waals surface area contributed by atoms with Gasteiger partial charge >= 0.3 is 7.82 Å². The van der Waals surface area contributed by atoms with E-state index in [0.717, 1.165) is 43.0 Å². The number of rotatable bonds is 8. The van der Waals surface area contributed by atoms with Crippen molar-refractivity contribution < 1.29 is 22.9 Å². The molecule has 5 nitrogen and oxygen atoms in total. The molecule has 0 spiro atoms. The molecule has 0 atom stereocenters. The summed E-state index contributed by atoms with van der Waals surface area (Å²) in [5.41, 5.74) is 0.953. The highest BCUT2D eigenvalue weighted by Gasteiger charge is 2.29. The second kappa shape index (κ2) is 9.46. The number of allylic oxidation sites excluding steroid dienone is 2. The number of hydrogen-bond acceptors (Lipinski definition) is 6. The van der Waals surface area contributed by atoms with E-state index in [9.17, 15) is 9.36 Å². The summed E-state index contributed by atoms with van der Waals surface area (Å²) < 4.78 is 28.3. The van der Waals surface area contributed by atoms with Crippen LogP contribution in [0.2, 0.25) is 0 Å². The predicted octanol–water partition coefficient (Wildman–Crippen LogP) is 4.81. The summed E-state index contributed by atoms with van der Waals surface area (Å²) in [6.45, 7) is 5.37. The SMILES string of the molecule is CCOP(=O)(OCC)O/C(=C\SC(C)=O)C1=CCCCC1. The fourth-order valence-corrected chi connectivity index (χ4v) is 3.65. The molecule has 0 saturated carbocycles. The first-order valence-corrected chi connectivity index (χ1v) is 9.50. The molecule has 7 heteroatoms. The Morgan fingerprint density at radius 3 is 2.48 bits per heavy atom. The zero-order valence-corrected chi connectivity index (χ0v) is 14.5. The Morgan fingerprint density at radius 2 is 2.00 bits per heavy atom. The number of carbonyl (C=O) groups is 1. The van der Waals surface area contributed by atoms with E-state index >= 15 is 0 Å². The van der Waals surface area contributed by atoms with Crippen molar-refractivity contribution in [2.75, 3.05) is 13.2 Å². The smallest absolute Gasteiger partial charge is 0.403 e. The van der Waals surface area contributed by atoms with Crippen molar-refractivity contribution in [2.45, 2.75) is 46.5 Å². The van der Waals surface area contributed by atoms with Gasteiger partial charge in [-0.2, -0.15) is 0 Å². The molecule has 1 rings (SSSR count). The average Bonchev–Trinajstić information content (AvgIpc) is 2.45. The van der Waals surface area contributed by atoms with Crippen LogP contribution in [0.3, 0.4) is 0 Å². The fourth-order valence-electron chi connectivity index (χ4n) is 1.88. The Bertz CT molecular complexity index is 448. The predicted molar refractivity (Wildman–Crippen MR) is 84.8 cm³/mol. The van der Waals surface area contributed by atoms with Gasteiger partial charge in [-0.25, -0.2) is 4.57 Å². The van der Waals surface area contributed by atoms with Gasteiger partial charge in [-0.05, 0) is 45.1 Å². The van der Waals surface area contributed by atoms with Crippen LogP contribution in [-0.4, -0.2) is 18.3 Å². The highest BCUT2D eigenvalue weighted by Crippen LogP contribution is 2.52. The van der Waals surface area contributed by atoms with Crippen LogP contribution < -0.4 is 0 Å². The van der Waals surface area contributed by atoms with Crippen molar-refractivity contribution in [2.24, 2.45) is 0 Å². The Labute approximate surface area is 130 Å². The molecule has 0 radical (unpaired) electrons. The van der Waals surface area contributed by atoms with Crippen molar-refractivity contribution >= 4 is 24.7 Å². The minimum atomic E-state index is -3.64. The molecule has 0 unspecified atom stereocenters. The van der Waals surface area contributed by atoms with Gasteiger partial charge in [0.05, 0.1) is 13.2 Å². The monoisotopic (exact) mass is 334 g/mol. The maximum Gasteiger partial charge on any atom is 0.530 e. The molecular weight excluding hydrogens is 311 g/mol. The normalized spacial score (nSPS) is 16.5. The van der Waals surface area contributed by atoms with E-state index in [0.29, 0.717) is 5.76 Å². The molecule has 0 aromatic rings. The van der Waals surface area contributed by atoms with Crippen LogP contribution >= 0.6 is 19.6 Å². The van der Waals surface area contributed by atoms with E-state index in [1.165, 1.54) is 6.92 Å². The lowest BCUT2D eigenvalue weighted by atomic mass is 9.99. The molecule has 0 amide bonds. The van der Waals surface area contributed by atoms with E-state index in [1.807, 2.05) is 0 Å². The number of phosphoric ester groups is 1. The number of thioether (sulfide) groups is 1. The summed E-state index contributed by atoms with van der Waals surface area (Å²) in [7, 11) is -3.64. The van der Waals surface area contributed by atoms with Gasteiger partial charge in [0.2, 0.25) is 0 Å². The van der Waals surface area contributed by atoms with Crippen LogP contribution in [0.4, 0.5) is 0 Å². The van der Waals surface area contributed by atoms with E-state index in [2.05, 4.69) is 6.08 Å². The Hall–Kier alpha value is -0.550. The van der Waals surface area contributed by atoms with Gasteiger partial charge < -0.3 is 4.52 Å². The first-order valence-electron chi connectivity index (χ1n) is 7.16. The lowest BCUT2D eigenvalue weighted by molar-refractivity contribution is -0.109. The van der Waals surface area contributed by atoms with E-state index in [1.54, 1.807) is 19.3 Å². The molecule has 1 aliphatic carbocycles. The van der Waals surface area contributed by atoms with Gasteiger partial charge in [-0.3, -0.25) is 13.8 Å². The van der Waals surface area contributed by atoms with E-state index in [-0.39, 0.29) is 18.3 Å². The lowest BCUT2D eigenvalue weighted by Crippen LogP contribution is -2.04. The van der Waals surface area contributed by atoms with Gasteiger partial charge in [0, 0.05) is 12.3 Å². The Balaban J connectivity index is 2.94. The molecule has 21 heavy (non-hydrogen) atoms. The highest BCUT2D eigenvalue weighted by atomic mass is 32.2. The molecule has 0 bridgehead atoms. The Morgan fingerprint density at radius 1 is 1.33 bits per heavy atom. The molecule has 0 fully saturated rings. The molecular formula is C14H23O5PS. The summed E-state index contributed by atoms with van der Waals surface area (Å²) in [4.78, 5) is 11.2. The van der Waals surface area contributed by atoms with Crippen molar-refractivity contribution in [3.05, 3.63) is 22.8 Å². The van der Waals surface area contributed by atoms with Crippen molar-refractivity contribution in [1.82, 2.24) is 0 Å². The molecule has 0 aromatic heterocycles. The maximum absolute atomic E-state index is 12.5. The van der Waals surface area contributed by atoms with Gasteiger partial charge in [0.15, 0.2) is 5.12 Å². The van der Waals surface area contributed by atoms with Crippen molar-refractivity contribution in [3.8, 4) is 0 Å². The summed E-state index contributed by atoms with van der Waals surface area (Å²) >= 11 is 1.01. The molecule has 120 valence electrons. The van der Waals surface area contributed by atoms with Crippen LogP contribution in [0.1, 0.15) is 46.5 Å². The number of carbonyl (C=O) groups excluding carboxylic acids is 1. The molecule has 0 aromatic carbocycles. The van der Waals surface area contributed by atoms with Crippen LogP contribution in [0.5, 0.6) is 0 Å². The second-order valence-electron chi connectivity index (χ2n) is 4.44.